The van der Waals surface area contributed by atoms with E-state index in [0.717, 1.165) is 19.3 Å². The van der Waals surface area contributed by atoms with E-state index in [0.29, 0.717) is 19.8 Å². The molecule has 1 amide bonds. The van der Waals surface area contributed by atoms with Gasteiger partial charge >= 0.3 is 0 Å². The van der Waals surface area contributed by atoms with Crippen LogP contribution in [0.25, 0.3) is 0 Å². The van der Waals surface area contributed by atoms with Crippen molar-refractivity contribution >= 4 is 5.91 Å². The molecule has 0 radical (unpaired) electrons. The van der Waals surface area contributed by atoms with E-state index in [1.54, 1.807) is 4.90 Å². The van der Waals surface area contributed by atoms with Crippen molar-refractivity contribution in [3.63, 3.8) is 0 Å². The summed E-state index contributed by atoms with van der Waals surface area (Å²) in [6.07, 6.45) is 2.92. The lowest BCUT2D eigenvalue weighted by Crippen LogP contribution is -2.34. The number of nitrogens with two attached hydrogens (primary N) is 1. The van der Waals surface area contributed by atoms with Gasteiger partial charge in [0, 0.05) is 32.2 Å². The molecule has 2 N–H and O–H groups in total. The van der Waals surface area contributed by atoms with Gasteiger partial charge in [0.15, 0.2) is 0 Å². The lowest BCUT2D eigenvalue weighted by Gasteiger charge is -2.21. The molecule has 0 aliphatic rings. The molecule has 17 heavy (non-hydrogen) atoms. The highest BCUT2D eigenvalue weighted by atomic mass is 16.5. The summed E-state index contributed by atoms with van der Waals surface area (Å²) in [5.41, 5.74) is 5.68. The van der Waals surface area contributed by atoms with E-state index in [1.165, 1.54) is 0 Å². The minimum atomic E-state index is 0.0837. The topological polar surface area (TPSA) is 55.6 Å². The van der Waals surface area contributed by atoms with Gasteiger partial charge in [-0.15, -0.1) is 0 Å². The quantitative estimate of drug-likeness (QED) is 0.627. The summed E-state index contributed by atoms with van der Waals surface area (Å²) < 4.78 is 5.24. The second-order valence-corrected chi connectivity index (χ2v) is 4.77. The Kier molecular flexibility index (Phi) is 9.09. The smallest absolute Gasteiger partial charge is 0.225 e. The maximum absolute atomic E-state index is 12.0. The highest BCUT2D eigenvalue weighted by Gasteiger charge is 2.16. The third-order valence-electron chi connectivity index (χ3n) is 2.87. The largest absolute Gasteiger partial charge is 0.380 e. The molecule has 0 aliphatic carbocycles. The van der Waals surface area contributed by atoms with E-state index >= 15 is 0 Å². The predicted octanol–water partition coefficient (Wildman–Crippen LogP) is 1.63. The molecule has 0 heterocycles. The molecular weight excluding hydrogens is 216 g/mol. The number of rotatable bonds is 9. The van der Waals surface area contributed by atoms with Crippen molar-refractivity contribution in [2.75, 3.05) is 26.8 Å². The number of likely N-dealkylation sites (N-methyl/N-ethyl adjacent to an activating group) is 1. The van der Waals surface area contributed by atoms with Crippen LogP contribution in [0.1, 0.15) is 40.0 Å². The summed E-state index contributed by atoms with van der Waals surface area (Å²) in [6.45, 7) is 7.93. The van der Waals surface area contributed by atoms with Crippen molar-refractivity contribution in [1.29, 1.82) is 0 Å². The van der Waals surface area contributed by atoms with Crippen LogP contribution in [-0.4, -0.2) is 43.7 Å². The Balaban J connectivity index is 3.78. The van der Waals surface area contributed by atoms with Crippen LogP contribution < -0.4 is 5.73 Å². The Morgan fingerprint density at radius 3 is 2.53 bits per heavy atom. The number of amides is 1. The fraction of sp³-hybridized carbons (Fsp3) is 0.923. The molecule has 0 aromatic carbocycles. The van der Waals surface area contributed by atoms with E-state index < -0.39 is 0 Å². The maximum Gasteiger partial charge on any atom is 0.225 e. The van der Waals surface area contributed by atoms with E-state index in [2.05, 4.69) is 0 Å². The van der Waals surface area contributed by atoms with Gasteiger partial charge in [-0.25, -0.2) is 0 Å². The zero-order valence-corrected chi connectivity index (χ0v) is 11.7. The molecule has 0 rings (SSSR count). The second kappa shape index (κ2) is 9.42. The van der Waals surface area contributed by atoms with Gasteiger partial charge < -0.3 is 15.4 Å². The van der Waals surface area contributed by atoms with Gasteiger partial charge in [-0.2, -0.15) is 0 Å². The highest BCUT2D eigenvalue weighted by Crippen LogP contribution is 2.11. The molecule has 0 aromatic rings. The molecule has 0 saturated carbocycles. The van der Waals surface area contributed by atoms with Crippen LogP contribution in [-0.2, 0) is 9.53 Å². The first kappa shape index (κ1) is 16.4. The Bertz CT molecular complexity index is 208. The summed E-state index contributed by atoms with van der Waals surface area (Å²) in [5, 5.41) is 0. The molecule has 4 heteroatoms. The minimum Gasteiger partial charge on any atom is -0.380 e. The van der Waals surface area contributed by atoms with Crippen molar-refractivity contribution < 1.29 is 9.53 Å². The Hall–Kier alpha value is -0.610. The summed E-state index contributed by atoms with van der Waals surface area (Å²) >= 11 is 0. The molecule has 0 spiro atoms. The first-order valence-electron chi connectivity index (χ1n) is 6.57. The van der Waals surface area contributed by atoms with Crippen molar-refractivity contribution in [3.8, 4) is 0 Å². The standard InChI is InChI=1S/C13H28N2O2/c1-5-17-10-9-15(4)13(16)11(2)7-6-8-12(3)14/h11-12H,5-10,14H2,1-4H3. The number of carbonyl (C=O) groups excluding carboxylic acids is 1. The number of hydrogen-bond donors (Lipinski definition) is 1. The van der Waals surface area contributed by atoms with Crippen LogP contribution in [0.15, 0.2) is 0 Å². The molecule has 2 atom stereocenters. The number of hydrogen-bond acceptors (Lipinski definition) is 3. The van der Waals surface area contributed by atoms with E-state index in [-0.39, 0.29) is 17.9 Å². The Morgan fingerprint density at radius 2 is 2.00 bits per heavy atom. The molecule has 0 aliphatic heterocycles. The minimum absolute atomic E-state index is 0.0837. The number of carbonyl (C=O) groups is 1. The van der Waals surface area contributed by atoms with Gasteiger partial charge in [-0.3, -0.25) is 4.79 Å². The van der Waals surface area contributed by atoms with E-state index in [1.807, 2.05) is 27.8 Å². The van der Waals surface area contributed by atoms with Crippen LogP contribution in [0.3, 0.4) is 0 Å². The van der Waals surface area contributed by atoms with Crippen LogP contribution in [0.4, 0.5) is 0 Å². The number of ether oxygens (including phenoxy) is 1. The van der Waals surface area contributed by atoms with Gasteiger partial charge in [0.1, 0.15) is 0 Å². The molecule has 0 saturated heterocycles. The molecular formula is C13H28N2O2. The molecule has 2 unspecified atom stereocenters. The monoisotopic (exact) mass is 244 g/mol. The fourth-order valence-electron chi connectivity index (χ4n) is 1.70. The third kappa shape index (κ3) is 8.16. The average Bonchev–Trinajstić information content (AvgIpc) is 2.27. The van der Waals surface area contributed by atoms with E-state index in [4.69, 9.17) is 10.5 Å². The normalized spacial score (nSPS) is 14.4. The first-order valence-corrected chi connectivity index (χ1v) is 6.57. The van der Waals surface area contributed by atoms with Gasteiger partial charge in [0.25, 0.3) is 0 Å². The summed E-state index contributed by atoms with van der Waals surface area (Å²) in [4.78, 5) is 13.7. The van der Waals surface area contributed by atoms with Gasteiger partial charge in [0.2, 0.25) is 5.91 Å². The Labute approximate surface area is 105 Å². The molecule has 0 bridgehead atoms. The zero-order valence-electron chi connectivity index (χ0n) is 11.7. The van der Waals surface area contributed by atoms with Crippen molar-refractivity contribution in [1.82, 2.24) is 4.90 Å². The Morgan fingerprint density at radius 1 is 1.35 bits per heavy atom. The maximum atomic E-state index is 12.0. The van der Waals surface area contributed by atoms with Crippen LogP contribution in [0.2, 0.25) is 0 Å². The summed E-state index contributed by atoms with van der Waals surface area (Å²) in [7, 11) is 1.84. The second-order valence-electron chi connectivity index (χ2n) is 4.77. The van der Waals surface area contributed by atoms with E-state index in [9.17, 15) is 4.79 Å². The SMILES string of the molecule is CCOCCN(C)C(=O)C(C)CCCC(C)N. The van der Waals surface area contributed by atoms with Crippen molar-refractivity contribution in [3.05, 3.63) is 0 Å². The van der Waals surface area contributed by atoms with Crippen LogP contribution in [0, 0.1) is 5.92 Å². The molecule has 102 valence electrons. The van der Waals surface area contributed by atoms with Gasteiger partial charge in [-0.05, 0) is 26.7 Å². The van der Waals surface area contributed by atoms with Crippen molar-refractivity contribution in [2.45, 2.75) is 46.1 Å². The predicted molar refractivity (Wildman–Crippen MR) is 70.8 cm³/mol. The fourth-order valence-corrected chi connectivity index (χ4v) is 1.70. The molecule has 0 aromatic heterocycles. The zero-order chi connectivity index (χ0) is 13.3. The van der Waals surface area contributed by atoms with Gasteiger partial charge in [0.05, 0.1) is 6.61 Å². The lowest BCUT2D eigenvalue weighted by molar-refractivity contribution is -0.134. The first-order chi connectivity index (χ1) is 7.99. The van der Waals surface area contributed by atoms with Gasteiger partial charge in [-0.1, -0.05) is 13.3 Å². The van der Waals surface area contributed by atoms with Crippen molar-refractivity contribution in [2.24, 2.45) is 11.7 Å². The summed E-state index contributed by atoms with van der Waals surface area (Å²) in [6, 6.07) is 0.230. The average molecular weight is 244 g/mol. The number of nitrogens with zero attached hydrogens (tertiary/aromatic N) is 1. The molecule has 4 nitrogen and oxygen atoms in total. The van der Waals surface area contributed by atoms with Crippen LogP contribution >= 0.6 is 0 Å². The lowest BCUT2D eigenvalue weighted by atomic mass is 10.0. The summed E-state index contributed by atoms with van der Waals surface area (Å²) in [5.74, 6) is 0.287. The van der Waals surface area contributed by atoms with Crippen LogP contribution in [0.5, 0.6) is 0 Å². The third-order valence-corrected chi connectivity index (χ3v) is 2.87. The highest BCUT2D eigenvalue weighted by molar-refractivity contribution is 5.78. The molecule has 0 fully saturated rings.